The van der Waals surface area contributed by atoms with Gasteiger partial charge in [0.15, 0.2) is 0 Å². The first-order valence-electron chi connectivity index (χ1n) is 3.90. The Balaban J connectivity index is 4.22. The molecular weight excluding hydrogens is 169 g/mol. The molecule has 12 heavy (non-hydrogen) atoms. The van der Waals surface area contributed by atoms with Gasteiger partial charge in [0.1, 0.15) is 6.04 Å². The lowest BCUT2D eigenvalue weighted by Gasteiger charge is -2.28. The number of halogens is 3. The summed E-state index contributed by atoms with van der Waals surface area (Å²) in [6.07, 6.45) is -4.20. The van der Waals surface area contributed by atoms with Gasteiger partial charge in [0, 0.05) is 0 Å². The van der Waals surface area contributed by atoms with E-state index in [4.69, 9.17) is 5.73 Å². The Kier molecular flexibility index (Phi) is 4.55. The van der Waals surface area contributed by atoms with Gasteiger partial charge in [-0.25, -0.2) is 0 Å². The zero-order valence-corrected chi connectivity index (χ0v) is 7.36. The monoisotopic (exact) mass is 184 g/mol. The van der Waals surface area contributed by atoms with Gasteiger partial charge < -0.3 is 5.73 Å². The summed E-state index contributed by atoms with van der Waals surface area (Å²) < 4.78 is 36.7. The predicted molar refractivity (Wildman–Crippen MR) is 41.8 cm³/mol. The third-order valence-corrected chi connectivity index (χ3v) is 1.85. The average Bonchev–Trinajstić information content (AvgIpc) is 1.96. The van der Waals surface area contributed by atoms with Crippen LogP contribution in [0.4, 0.5) is 13.2 Å². The van der Waals surface area contributed by atoms with E-state index >= 15 is 0 Å². The van der Waals surface area contributed by atoms with Crippen molar-refractivity contribution in [2.45, 2.75) is 25.6 Å². The Morgan fingerprint density at radius 1 is 1.42 bits per heavy atom. The molecule has 2 N–H and O–H groups in total. The Morgan fingerprint density at radius 3 is 2.17 bits per heavy atom. The molecule has 0 rings (SSSR count). The number of hydrogen-bond acceptors (Lipinski definition) is 2. The van der Waals surface area contributed by atoms with Crippen molar-refractivity contribution >= 4 is 0 Å². The molecule has 1 atom stereocenters. The van der Waals surface area contributed by atoms with Crippen LogP contribution in [0.15, 0.2) is 0 Å². The second-order valence-corrected chi connectivity index (χ2v) is 2.71. The van der Waals surface area contributed by atoms with E-state index in [1.54, 1.807) is 6.92 Å². The molecule has 0 aromatic carbocycles. The standard InChI is InChI=1S/C7H15F3N2/c1-3-12(2)6(4-5-11)7(8,9)10/h6H,3-5,11H2,1-2H3. The molecule has 0 saturated carbocycles. The van der Waals surface area contributed by atoms with Gasteiger partial charge in [-0.05, 0) is 26.6 Å². The molecule has 0 aliphatic carbocycles. The lowest BCUT2D eigenvalue weighted by Crippen LogP contribution is -2.44. The summed E-state index contributed by atoms with van der Waals surface area (Å²) >= 11 is 0. The highest BCUT2D eigenvalue weighted by Gasteiger charge is 2.40. The fourth-order valence-electron chi connectivity index (χ4n) is 1.01. The van der Waals surface area contributed by atoms with Gasteiger partial charge in [-0.1, -0.05) is 6.92 Å². The molecule has 0 radical (unpaired) electrons. The van der Waals surface area contributed by atoms with Crippen LogP contribution in [-0.2, 0) is 0 Å². The molecule has 2 nitrogen and oxygen atoms in total. The van der Waals surface area contributed by atoms with Crippen molar-refractivity contribution in [3.8, 4) is 0 Å². The number of rotatable bonds is 4. The summed E-state index contributed by atoms with van der Waals surface area (Å²) in [4.78, 5) is 1.26. The normalized spacial score (nSPS) is 15.2. The maximum absolute atomic E-state index is 12.2. The van der Waals surface area contributed by atoms with Gasteiger partial charge in [0.05, 0.1) is 0 Å². The number of nitrogens with zero attached hydrogens (tertiary/aromatic N) is 1. The maximum atomic E-state index is 12.2. The second kappa shape index (κ2) is 4.67. The van der Waals surface area contributed by atoms with Crippen molar-refractivity contribution in [1.29, 1.82) is 0 Å². The van der Waals surface area contributed by atoms with E-state index in [0.717, 1.165) is 0 Å². The summed E-state index contributed by atoms with van der Waals surface area (Å²) in [6.45, 7) is 2.13. The van der Waals surface area contributed by atoms with Crippen LogP contribution >= 0.6 is 0 Å². The molecular formula is C7H15F3N2. The first kappa shape index (κ1) is 11.7. The van der Waals surface area contributed by atoms with Crippen molar-refractivity contribution in [3.05, 3.63) is 0 Å². The summed E-state index contributed by atoms with van der Waals surface area (Å²) in [7, 11) is 1.45. The lowest BCUT2D eigenvalue weighted by atomic mass is 10.2. The fourth-order valence-corrected chi connectivity index (χ4v) is 1.01. The molecule has 0 saturated heterocycles. The number of alkyl halides is 3. The fraction of sp³-hybridized carbons (Fsp3) is 1.00. The quantitative estimate of drug-likeness (QED) is 0.711. The van der Waals surface area contributed by atoms with Crippen molar-refractivity contribution in [2.75, 3.05) is 20.1 Å². The Morgan fingerprint density at radius 2 is 1.92 bits per heavy atom. The van der Waals surface area contributed by atoms with Gasteiger partial charge in [-0.3, -0.25) is 4.90 Å². The largest absolute Gasteiger partial charge is 0.404 e. The van der Waals surface area contributed by atoms with E-state index in [1.807, 2.05) is 0 Å². The van der Waals surface area contributed by atoms with Crippen LogP contribution in [-0.4, -0.2) is 37.3 Å². The zero-order chi connectivity index (χ0) is 9.78. The Hall–Kier alpha value is -0.290. The minimum atomic E-state index is -4.16. The molecule has 5 heteroatoms. The first-order chi connectivity index (χ1) is 5.43. The second-order valence-electron chi connectivity index (χ2n) is 2.71. The molecule has 0 spiro atoms. The minimum Gasteiger partial charge on any atom is -0.330 e. The molecule has 74 valence electrons. The van der Waals surface area contributed by atoms with E-state index in [9.17, 15) is 13.2 Å². The highest BCUT2D eigenvalue weighted by Crippen LogP contribution is 2.25. The SMILES string of the molecule is CCN(C)C(CCN)C(F)(F)F. The van der Waals surface area contributed by atoms with Crippen molar-refractivity contribution < 1.29 is 13.2 Å². The summed E-state index contributed by atoms with van der Waals surface area (Å²) in [5.41, 5.74) is 5.09. The van der Waals surface area contributed by atoms with Crippen LogP contribution in [0.3, 0.4) is 0 Å². The molecule has 1 unspecified atom stereocenters. The van der Waals surface area contributed by atoms with Gasteiger partial charge in [-0.15, -0.1) is 0 Å². The van der Waals surface area contributed by atoms with Crippen LogP contribution in [0.2, 0.25) is 0 Å². The molecule has 0 fully saturated rings. The molecule has 0 aliphatic heterocycles. The van der Waals surface area contributed by atoms with E-state index in [2.05, 4.69) is 0 Å². The molecule has 0 heterocycles. The first-order valence-corrected chi connectivity index (χ1v) is 3.90. The van der Waals surface area contributed by atoms with E-state index < -0.39 is 12.2 Å². The van der Waals surface area contributed by atoms with E-state index in [1.165, 1.54) is 11.9 Å². The number of nitrogens with two attached hydrogens (primary N) is 1. The Labute approximate surface area is 70.5 Å². The minimum absolute atomic E-state index is 0.0339. The topological polar surface area (TPSA) is 29.3 Å². The highest BCUT2D eigenvalue weighted by atomic mass is 19.4. The van der Waals surface area contributed by atoms with E-state index in [-0.39, 0.29) is 13.0 Å². The van der Waals surface area contributed by atoms with Gasteiger partial charge in [-0.2, -0.15) is 13.2 Å². The van der Waals surface area contributed by atoms with Crippen LogP contribution in [0, 0.1) is 0 Å². The molecule has 0 bridgehead atoms. The number of hydrogen-bond donors (Lipinski definition) is 1. The zero-order valence-electron chi connectivity index (χ0n) is 7.36. The lowest BCUT2D eigenvalue weighted by molar-refractivity contribution is -0.180. The average molecular weight is 184 g/mol. The third kappa shape index (κ3) is 3.40. The van der Waals surface area contributed by atoms with E-state index in [0.29, 0.717) is 6.54 Å². The molecule has 0 aromatic heterocycles. The van der Waals surface area contributed by atoms with Crippen LogP contribution in [0.1, 0.15) is 13.3 Å². The molecule has 0 amide bonds. The molecule has 0 aliphatic rings. The smallest absolute Gasteiger partial charge is 0.330 e. The predicted octanol–water partition coefficient (Wildman–Crippen LogP) is 1.22. The summed E-state index contributed by atoms with van der Waals surface area (Å²) in [6, 6.07) is -1.40. The van der Waals surface area contributed by atoms with Crippen LogP contribution < -0.4 is 5.73 Å². The van der Waals surface area contributed by atoms with Crippen molar-refractivity contribution in [2.24, 2.45) is 5.73 Å². The highest BCUT2D eigenvalue weighted by molar-refractivity contribution is 4.76. The third-order valence-electron chi connectivity index (χ3n) is 1.85. The van der Waals surface area contributed by atoms with Gasteiger partial charge in [0.2, 0.25) is 0 Å². The van der Waals surface area contributed by atoms with Crippen molar-refractivity contribution in [3.63, 3.8) is 0 Å². The van der Waals surface area contributed by atoms with Crippen LogP contribution in [0.5, 0.6) is 0 Å². The maximum Gasteiger partial charge on any atom is 0.404 e. The molecule has 0 aromatic rings. The summed E-state index contributed by atoms with van der Waals surface area (Å²) in [5.74, 6) is 0. The van der Waals surface area contributed by atoms with Crippen LogP contribution in [0.25, 0.3) is 0 Å². The summed E-state index contributed by atoms with van der Waals surface area (Å²) in [5, 5.41) is 0. The van der Waals surface area contributed by atoms with Gasteiger partial charge >= 0.3 is 6.18 Å². The Bertz CT molecular complexity index is 124. The van der Waals surface area contributed by atoms with Gasteiger partial charge in [0.25, 0.3) is 0 Å². The van der Waals surface area contributed by atoms with Crippen molar-refractivity contribution in [1.82, 2.24) is 4.90 Å².